The third-order valence-corrected chi connectivity index (χ3v) is 5.12. The van der Waals surface area contributed by atoms with Crippen molar-refractivity contribution in [1.29, 1.82) is 0 Å². The number of halogens is 5. The highest BCUT2D eigenvalue weighted by Gasteiger charge is 2.32. The fourth-order valence-electron chi connectivity index (χ4n) is 3.22. The molecule has 3 heterocycles. The molecule has 146 valence electrons. The van der Waals surface area contributed by atoms with E-state index in [4.69, 9.17) is 23.2 Å². The van der Waals surface area contributed by atoms with Crippen LogP contribution in [0.5, 0.6) is 0 Å². The fourth-order valence-corrected chi connectivity index (χ4v) is 3.67. The lowest BCUT2D eigenvalue weighted by atomic mass is 10.2. The number of anilines is 2. The van der Waals surface area contributed by atoms with Gasteiger partial charge in [0.15, 0.2) is 0 Å². The largest absolute Gasteiger partial charge is 0.417 e. The van der Waals surface area contributed by atoms with Crippen LogP contribution in [0.3, 0.4) is 0 Å². The number of alkyl halides is 3. The maximum atomic E-state index is 12.8. The summed E-state index contributed by atoms with van der Waals surface area (Å²) in [6.07, 6.45) is -2.16. The molecule has 0 radical (unpaired) electrons. The van der Waals surface area contributed by atoms with Gasteiger partial charge < -0.3 is 9.80 Å². The molecule has 1 aliphatic rings. The van der Waals surface area contributed by atoms with Gasteiger partial charge in [0.25, 0.3) is 0 Å². The van der Waals surface area contributed by atoms with E-state index < -0.39 is 11.7 Å². The zero-order valence-corrected chi connectivity index (χ0v) is 15.9. The van der Waals surface area contributed by atoms with Crippen LogP contribution in [-0.2, 0) is 6.18 Å². The van der Waals surface area contributed by atoms with Crippen molar-refractivity contribution in [3.63, 3.8) is 0 Å². The lowest BCUT2D eigenvalue weighted by Gasteiger charge is -2.36. The van der Waals surface area contributed by atoms with E-state index in [1.165, 1.54) is 6.33 Å². The molecule has 1 aliphatic heterocycles. The first-order valence-corrected chi connectivity index (χ1v) is 9.21. The normalized spacial score (nSPS) is 15.3. The SMILES string of the molecule is FC(F)(F)c1cnc(N2CCN(c3ncnc4cc(Cl)ccc34)CC2)c(Cl)c1. The van der Waals surface area contributed by atoms with Crippen molar-refractivity contribution in [3.05, 3.63) is 52.4 Å². The number of aromatic nitrogens is 3. The highest BCUT2D eigenvalue weighted by atomic mass is 35.5. The maximum absolute atomic E-state index is 12.8. The smallest absolute Gasteiger partial charge is 0.352 e. The number of hydrogen-bond acceptors (Lipinski definition) is 5. The maximum Gasteiger partial charge on any atom is 0.417 e. The molecule has 28 heavy (non-hydrogen) atoms. The van der Waals surface area contributed by atoms with E-state index in [1.807, 2.05) is 11.0 Å². The van der Waals surface area contributed by atoms with Crippen molar-refractivity contribution < 1.29 is 13.2 Å². The number of rotatable bonds is 2. The highest BCUT2D eigenvalue weighted by Crippen LogP contribution is 2.34. The predicted molar refractivity (Wildman–Crippen MR) is 103 cm³/mol. The standard InChI is InChI=1S/C18H14Cl2F3N5/c19-12-1-2-13-15(8-12)25-10-26-16(13)27-3-5-28(6-4-27)17-14(20)7-11(9-24-17)18(21,22)23/h1-2,7-10H,3-6H2. The van der Waals surface area contributed by atoms with Crippen molar-refractivity contribution >= 4 is 45.7 Å². The van der Waals surface area contributed by atoms with Crippen LogP contribution in [0.2, 0.25) is 10.0 Å². The van der Waals surface area contributed by atoms with Crippen LogP contribution in [0.15, 0.2) is 36.8 Å². The average molecular weight is 428 g/mol. The fraction of sp³-hybridized carbons (Fsp3) is 0.278. The van der Waals surface area contributed by atoms with Crippen LogP contribution in [-0.4, -0.2) is 41.1 Å². The summed E-state index contributed by atoms with van der Waals surface area (Å²) in [4.78, 5) is 16.6. The van der Waals surface area contributed by atoms with Gasteiger partial charge in [-0.15, -0.1) is 0 Å². The van der Waals surface area contributed by atoms with Crippen LogP contribution >= 0.6 is 23.2 Å². The van der Waals surface area contributed by atoms with Gasteiger partial charge in [-0.1, -0.05) is 23.2 Å². The summed E-state index contributed by atoms with van der Waals surface area (Å²) in [5, 5.41) is 1.49. The van der Waals surface area contributed by atoms with Gasteiger partial charge in [0.2, 0.25) is 0 Å². The number of nitrogens with zero attached hydrogens (tertiary/aromatic N) is 5. The quantitative estimate of drug-likeness (QED) is 0.594. The summed E-state index contributed by atoms with van der Waals surface area (Å²) in [5.41, 5.74) is -0.0987. The molecule has 1 aromatic carbocycles. The molecule has 3 aromatic rings. The second kappa shape index (κ2) is 7.25. The molecular weight excluding hydrogens is 414 g/mol. The Labute approximate surface area is 168 Å². The Bertz CT molecular complexity index is 1020. The number of hydrogen-bond donors (Lipinski definition) is 0. The van der Waals surface area contributed by atoms with E-state index >= 15 is 0 Å². The van der Waals surface area contributed by atoms with Crippen molar-refractivity contribution in [2.75, 3.05) is 36.0 Å². The Morgan fingerprint density at radius 1 is 0.857 bits per heavy atom. The minimum absolute atomic E-state index is 0.00889. The summed E-state index contributed by atoms with van der Waals surface area (Å²) >= 11 is 12.1. The van der Waals surface area contributed by atoms with Crippen LogP contribution in [0, 0.1) is 0 Å². The van der Waals surface area contributed by atoms with Gasteiger partial charge in [-0.2, -0.15) is 13.2 Å². The van der Waals surface area contributed by atoms with Crippen molar-refractivity contribution in [2.45, 2.75) is 6.18 Å². The lowest BCUT2D eigenvalue weighted by molar-refractivity contribution is -0.137. The molecule has 0 unspecified atom stereocenters. The number of fused-ring (bicyclic) bond motifs is 1. The summed E-state index contributed by atoms with van der Waals surface area (Å²) in [6.45, 7) is 2.34. The van der Waals surface area contributed by atoms with E-state index in [-0.39, 0.29) is 5.02 Å². The minimum atomic E-state index is -4.47. The Balaban J connectivity index is 1.53. The molecule has 1 fully saturated rings. The van der Waals surface area contributed by atoms with E-state index in [1.54, 1.807) is 12.1 Å². The first-order valence-electron chi connectivity index (χ1n) is 8.46. The van der Waals surface area contributed by atoms with E-state index in [0.29, 0.717) is 37.0 Å². The molecule has 5 nitrogen and oxygen atoms in total. The molecule has 2 aromatic heterocycles. The first kappa shape index (κ1) is 19.0. The number of benzene rings is 1. The second-order valence-electron chi connectivity index (χ2n) is 6.36. The number of piperazine rings is 1. The van der Waals surface area contributed by atoms with Crippen molar-refractivity contribution in [3.8, 4) is 0 Å². The summed E-state index contributed by atoms with van der Waals surface area (Å²) in [6, 6.07) is 6.37. The van der Waals surface area contributed by atoms with Crippen molar-refractivity contribution in [2.24, 2.45) is 0 Å². The summed E-state index contributed by atoms with van der Waals surface area (Å²) in [5.74, 6) is 1.15. The average Bonchev–Trinajstić information content (AvgIpc) is 2.67. The topological polar surface area (TPSA) is 45.2 Å². The molecule has 4 rings (SSSR count). The summed E-state index contributed by atoms with van der Waals surface area (Å²) < 4.78 is 38.4. The minimum Gasteiger partial charge on any atom is -0.352 e. The van der Waals surface area contributed by atoms with Crippen molar-refractivity contribution in [1.82, 2.24) is 15.0 Å². The van der Waals surface area contributed by atoms with Gasteiger partial charge in [0, 0.05) is 42.8 Å². The van der Waals surface area contributed by atoms with Gasteiger partial charge in [-0.05, 0) is 24.3 Å². The second-order valence-corrected chi connectivity index (χ2v) is 7.20. The summed E-state index contributed by atoms with van der Waals surface area (Å²) in [7, 11) is 0. The van der Waals surface area contributed by atoms with Crippen LogP contribution < -0.4 is 9.80 Å². The van der Waals surface area contributed by atoms with Gasteiger partial charge >= 0.3 is 6.18 Å². The molecule has 0 N–H and O–H groups in total. The van der Waals surface area contributed by atoms with E-state index in [0.717, 1.165) is 29.0 Å². The Kier molecular flexibility index (Phi) is 4.93. The lowest BCUT2D eigenvalue weighted by Crippen LogP contribution is -2.47. The molecule has 0 amide bonds. The van der Waals surface area contributed by atoms with Crippen LogP contribution in [0.25, 0.3) is 10.9 Å². The van der Waals surface area contributed by atoms with Gasteiger partial charge in [0.1, 0.15) is 18.0 Å². The Hall–Kier alpha value is -2.32. The predicted octanol–water partition coefficient (Wildman–Crippen LogP) is 4.68. The Morgan fingerprint density at radius 3 is 2.18 bits per heavy atom. The van der Waals surface area contributed by atoms with Gasteiger partial charge in [0.05, 0.1) is 16.1 Å². The first-order chi connectivity index (χ1) is 13.3. The molecule has 0 atom stereocenters. The molecule has 0 saturated carbocycles. The monoisotopic (exact) mass is 427 g/mol. The number of pyridine rings is 1. The molecule has 0 aliphatic carbocycles. The van der Waals surface area contributed by atoms with Crippen LogP contribution in [0.1, 0.15) is 5.56 Å². The molecule has 0 spiro atoms. The zero-order chi connectivity index (χ0) is 19.9. The van der Waals surface area contributed by atoms with Crippen LogP contribution in [0.4, 0.5) is 24.8 Å². The van der Waals surface area contributed by atoms with E-state index in [2.05, 4.69) is 19.9 Å². The molecule has 10 heteroatoms. The third-order valence-electron chi connectivity index (χ3n) is 4.61. The van der Waals surface area contributed by atoms with Gasteiger partial charge in [-0.3, -0.25) is 0 Å². The Morgan fingerprint density at radius 2 is 1.54 bits per heavy atom. The van der Waals surface area contributed by atoms with E-state index in [9.17, 15) is 13.2 Å². The molecular formula is C18H14Cl2F3N5. The molecule has 1 saturated heterocycles. The zero-order valence-electron chi connectivity index (χ0n) is 14.4. The highest BCUT2D eigenvalue weighted by molar-refractivity contribution is 6.33. The molecule has 0 bridgehead atoms. The van der Waals surface area contributed by atoms with Gasteiger partial charge in [-0.25, -0.2) is 15.0 Å². The third kappa shape index (κ3) is 3.66.